The van der Waals surface area contributed by atoms with Gasteiger partial charge in [-0.3, -0.25) is 9.59 Å². The van der Waals surface area contributed by atoms with Gasteiger partial charge in [0.05, 0.1) is 4.47 Å². The molecular formula is C21H19BrF2N6O3. The Morgan fingerprint density at radius 3 is 2.82 bits per heavy atom. The molecule has 2 N–H and O–H groups in total. The number of nitrogens with zero attached hydrogens (tertiary/aromatic N) is 4. The lowest BCUT2D eigenvalue weighted by atomic mass is 10.00. The second kappa shape index (κ2) is 10.0. The Bertz CT molecular complexity index is 1160. The molecule has 2 aromatic carbocycles. The van der Waals surface area contributed by atoms with Gasteiger partial charge in [-0.15, -0.1) is 10.2 Å². The van der Waals surface area contributed by atoms with E-state index in [0.29, 0.717) is 43.7 Å². The standard InChI is InChI=1S/C21H19BrF2N6O3/c22-15-11-13(3-7-17(15)33-21(23)24)20(32)25-14-5-6-16-12(10-14)4-8-19(31)30(16)9-1-2-18-26-28-29-27-18/h3,5-7,10-11,21H,1-2,4,8-9H2,(H,25,32)(H,26,27,28,29). The fourth-order valence-electron chi connectivity index (χ4n) is 3.60. The monoisotopic (exact) mass is 520 g/mol. The molecule has 9 nitrogen and oxygen atoms in total. The van der Waals surface area contributed by atoms with E-state index >= 15 is 0 Å². The minimum absolute atomic E-state index is 0.0448. The number of alkyl halides is 2. The zero-order chi connectivity index (χ0) is 23.4. The Balaban J connectivity index is 1.43. The zero-order valence-electron chi connectivity index (χ0n) is 17.2. The molecule has 0 bridgehead atoms. The normalized spacial score (nSPS) is 13.2. The van der Waals surface area contributed by atoms with Gasteiger partial charge >= 0.3 is 6.61 Å². The lowest BCUT2D eigenvalue weighted by Crippen LogP contribution is -2.36. The third kappa shape index (κ3) is 5.51. The van der Waals surface area contributed by atoms with E-state index in [9.17, 15) is 18.4 Å². The number of nitrogens with one attached hydrogen (secondary N) is 2. The Kier molecular flexibility index (Phi) is 6.92. The number of fused-ring (bicyclic) bond motifs is 1. The average Bonchev–Trinajstić information content (AvgIpc) is 3.30. The van der Waals surface area contributed by atoms with E-state index in [-0.39, 0.29) is 21.7 Å². The molecule has 2 amide bonds. The predicted molar refractivity (Wildman–Crippen MR) is 118 cm³/mol. The predicted octanol–water partition coefficient (Wildman–Crippen LogP) is 3.73. The van der Waals surface area contributed by atoms with E-state index in [4.69, 9.17) is 0 Å². The number of halogens is 3. The number of ether oxygens (including phenoxy) is 1. The number of H-pyrrole nitrogens is 1. The van der Waals surface area contributed by atoms with Crippen LogP contribution in [0.4, 0.5) is 20.2 Å². The van der Waals surface area contributed by atoms with E-state index in [2.05, 4.69) is 46.6 Å². The molecule has 0 saturated carbocycles. The molecule has 172 valence electrons. The first-order valence-electron chi connectivity index (χ1n) is 10.1. The van der Waals surface area contributed by atoms with Crippen LogP contribution in [0.1, 0.15) is 34.6 Å². The fourth-order valence-corrected chi connectivity index (χ4v) is 4.08. The van der Waals surface area contributed by atoms with Crippen LogP contribution >= 0.6 is 15.9 Å². The minimum Gasteiger partial charge on any atom is -0.434 e. The van der Waals surface area contributed by atoms with Crippen molar-refractivity contribution in [1.82, 2.24) is 20.6 Å². The molecule has 0 saturated heterocycles. The van der Waals surface area contributed by atoms with Crippen molar-refractivity contribution >= 4 is 39.1 Å². The number of amides is 2. The van der Waals surface area contributed by atoms with Crippen molar-refractivity contribution in [1.29, 1.82) is 0 Å². The third-order valence-electron chi connectivity index (χ3n) is 5.12. The largest absolute Gasteiger partial charge is 0.434 e. The maximum Gasteiger partial charge on any atom is 0.387 e. The molecule has 12 heteroatoms. The highest BCUT2D eigenvalue weighted by molar-refractivity contribution is 9.10. The van der Waals surface area contributed by atoms with Crippen LogP contribution in [-0.4, -0.2) is 45.6 Å². The van der Waals surface area contributed by atoms with Gasteiger partial charge in [0.2, 0.25) is 5.91 Å². The third-order valence-corrected chi connectivity index (χ3v) is 5.74. The van der Waals surface area contributed by atoms with Crippen molar-refractivity contribution in [2.45, 2.75) is 32.3 Å². The molecule has 0 aliphatic carbocycles. The minimum atomic E-state index is -2.96. The van der Waals surface area contributed by atoms with Crippen molar-refractivity contribution in [3.8, 4) is 5.75 Å². The van der Waals surface area contributed by atoms with Crippen LogP contribution in [0.5, 0.6) is 5.75 Å². The van der Waals surface area contributed by atoms with Gasteiger partial charge in [-0.05, 0) is 70.7 Å². The number of aromatic nitrogens is 4. The lowest BCUT2D eigenvalue weighted by molar-refractivity contribution is -0.118. The van der Waals surface area contributed by atoms with Crippen molar-refractivity contribution in [2.75, 3.05) is 16.8 Å². The van der Waals surface area contributed by atoms with Crippen LogP contribution in [0.2, 0.25) is 0 Å². The number of tetrazole rings is 1. The highest BCUT2D eigenvalue weighted by Gasteiger charge is 2.24. The van der Waals surface area contributed by atoms with Crippen LogP contribution < -0.4 is 15.0 Å². The van der Waals surface area contributed by atoms with Crippen LogP contribution in [0.3, 0.4) is 0 Å². The summed E-state index contributed by atoms with van der Waals surface area (Å²) in [5.74, 6) is 0.184. The van der Waals surface area contributed by atoms with Gasteiger partial charge in [-0.2, -0.15) is 14.0 Å². The number of hydrogen-bond acceptors (Lipinski definition) is 6. The van der Waals surface area contributed by atoms with Crippen LogP contribution in [0, 0.1) is 0 Å². The summed E-state index contributed by atoms with van der Waals surface area (Å²) >= 11 is 3.14. The second-order valence-electron chi connectivity index (χ2n) is 7.30. The first kappa shape index (κ1) is 22.8. The van der Waals surface area contributed by atoms with Gasteiger partial charge in [-0.1, -0.05) is 5.21 Å². The molecule has 1 aliphatic heterocycles. The Hall–Kier alpha value is -3.41. The number of aromatic amines is 1. The molecule has 1 aliphatic rings. The number of carbonyl (C=O) groups excluding carboxylic acids is 2. The molecule has 0 spiro atoms. The summed E-state index contributed by atoms with van der Waals surface area (Å²) in [7, 11) is 0. The second-order valence-corrected chi connectivity index (χ2v) is 8.15. The summed E-state index contributed by atoms with van der Waals surface area (Å²) in [6.07, 6.45) is 2.24. The van der Waals surface area contributed by atoms with Gasteiger partial charge < -0.3 is 15.0 Å². The number of benzene rings is 2. The molecule has 0 atom stereocenters. The van der Waals surface area contributed by atoms with Crippen molar-refractivity contribution in [2.24, 2.45) is 0 Å². The summed E-state index contributed by atoms with van der Waals surface area (Å²) in [5.41, 5.74) is 2.62. The molecule has 0 fully saturated rings. The van der Waals surface area contributed by atoms with Gasteiger partial charge in [-0.25, -0.2) is 0 Å². The van der Waals surface area contributed by atoms with E-state index in [1.165, 1.54) is 18.2 Å². The molecule has 3 aromatic rings. The van der Waals surface area contributed by atoms with Crippen molar-refractivity contribution in [3.63, 3.8) is 0 Å². The van der Waals surface area contributed by atoms with Crippen molar-refractivity contribution in [3.05, 3.63) is 57.8 Å². The number of hydrogen-bond donors (Lipinski definition) is 2. The number of anilines is 2. The Labute approximate surface area is 195 Å². The molecule has 33 heavy (non-hydrogen) atoms. The lowest BCUT2D eigenvalue weighted by Gasteiger charge is -2.29. The molecule has 0 radical (unpaired) electrons. The topological polar surface area (TPSA) is 113 Å². The maximum atomic E-state index is 12.6. The van der Waals surface area contributed by atoms with Crippen LogP contribution in [0.15, 0.2) is 40.9 Å². The van der Waals surface area contributed by atoms with Crippen LogP contribution in [-0.2, 0) is 17.6 Å². The van der Waals surface area contributed by atoms with Gasteiger partial charge in [0, 0.05) is 36.3 Å². The molecule has 4 rings (SSSR count). The molecular weight excluding hydrogens is 502 g/mol. The quantitative estimate of drug-likeness (QED) is 0.467. The fraction of sp³-hybridized carbons (Fsp3) is 0.286. The molecule has 2 heterocycles. The highest BCUT2D eigenvalue weighted by Crippen LogP contribution is 2.31. The average molecular weight is 521 g/mol. The van der Waals surface area contributed by atoms with Crippen LogP contribution in [0.25, 0.3) is 0 Å². The molecule has 1 aromatic heterocycles. The van der Waals surface area contributed by atoms with E-state index in [0.717, 1.165) is 11.3 Å². The number of aryl methyl sites for hydroxylation is 2. The van der Waals surface area contributed by atoms with E-state index < -0.39 is 12.5 Å². The summed E-state index contributed by atoms with van der Waals surface area (Å²) in [4.78, 5) is 26.8. The summed E-state index contributed by atoms with van der Waals surface area (Å²) in [6.45, 7) is -2.44. The smallest absolute Gasteiger partial charge is 0.387 e. The maximum absolute atomic E-state index is 12.6. The summed E-state index contributed by atoms with van der Waals surface area (Å²) in [6, 6.07) is 9.50. The van der Waals surface area contributed by atoms with E-state index in [1.54, 1.807) is 11.0 Å². The van der Waals surface area contributed by atoms with Gasteiger partial charge in [0.1, 0.15) is 5.75 Å². The Morgan fingerprint density at radius 1 is 1.24 bits per heavy atom. The first-order valence-corrected chi connectivity index (χ1v) is 10.9. The first-order chi connectivity index (χ1) is 15.9. The molecule has 0 unspecified atom stereocenters. The SMILES string of the molecule is O=C(Nc1ccc2c(c1)CCC(=O)N2CCCc1nn[nH]n1)c1ccc(OC(F)F)c(Br)c1. The number of rotatable bonds is 8. The highest BCUT2D eigenvalue weighted by atomic mass is 79.9. The van der Waals surface area contributed by atoms with Gasteiger partial charge in [0.15, 0.2) is 5.82 Å². The van der Waals surface area contributed by atoms with Gasteiger partial charge in [0.25, 0.3) is 5.91 Å². The summed E-state index contributed by atoms with van der Waals surface area (Å²) < 4.78 is 29.4. The number of carbonyl (C=O) groups is 2. The van der Waals surface area contributed by atoms with Crippen molar-refractivity contribution < 1.29 is 23.1 Å². The zero-order valence-corrected chi connectivity index (χ0v) is 18.8. The summed E-state index contributed by atoms with van der Waals surface area (Å²) in [5, 5.41) is 16.6. The Morgan fingerprint density at radius 2 is 2.09 bits per heavy atom. The van der Waals surface area contributed by atoms with E-state index in [1.807, 2.05) is 12.1 Å².